The smallest absolute Gasteiger partial charge is 0.0992 e. The van der Waals surface area contributed by atoms with Crippen molar-refractivity contribution in [3.05, 3.63) is 48.3 Å². The largest absolute Gasteiger partial charge is 0.397 e. The van der Waals surface area contributed by atoms with Crippen LogP contribution in [0.2, 0.25) is 0 Å². The van der Waals surface area contributed by atoms with Crippen molar-refractivity contribution in [1.29, 1.82) is 5.26 Å². The van der Waals surface area contributed by atoms with E-state index in [2.05, 4.69) is 21.4 Å². The Morgan fingerprint density at radius 2 is 2.11 bits per heavy atom. The van der Waals surface area contributed by atoms with Crippen LogP contribution in [-0.4, -0.2) is 9.97 Å². The van der Waals surface area contributed by atoms with Gasteiger partial charge in [0, 0.05) is 5.69 Å². The van der Waals surface area contributed by atoms with E-state index in [1.165, 1.54) is 0 Å². The van der Waals surface area contributed by atoms with Gasteiger partial charge in [0.05, 0.1) is 40.4 Å². The number of nitrogens with zero attached hydrogens (tertiary/aromatic N) is 2. The van der Waals surface area contributed by atoms with E-state index >= 15 is 0 Å². The van der Waals surface area contributed by atoms with Gasteiger partial charge >= 0.3 is 0 Å². The van der Waals surface area contributed by atoms with Crippen molar-refractivity contribution >= 4 is 28.1 Å². The van der Waals surface area contributed by atoms with Crippen molar-refractivity contribution in [3.8, 4) is 6.07 Å². The van der Waals surface area contributed by atoms with Gasteiger partial charge in [0.25, 0.3) is 0 Å². The second-order valence-electron chi connectivity index (χ2n) is 4.17. The highest BCUT2D eigenvalue weighted by molar-refractivity contribution is 5.82. The normalized spacial score (nSPS) is 10.3. The molecule has 5 heteroatoms. The maximum absolute atomic E-state index is 8.80. The van der Waals surface area contributed by atoms with Crippen molar-refractivity contribution in [1.82, 2.24) is 9.97 Å². The quantitative estimate of drug-likeness (QED) is 0.609. The highest BCUT2D eigenvalue weighted by Gasteiger charge is 2.03. The van der Waals surface area contributed by atoms with E-state index in [1.807, 2.05) is 18.2 Å². The standard InChI is InChI=1S/C14H11N5/c15-7-9-1-3-12(11(16)5-9)19-10-2-4-13-14(6-10)18-8-17-13/h1-6,8,19H,16H2,(H,17,18). The molecule has 0 atom stereocenters. The van der Waals surface area contributed by atoms with Crippen LogP contribution in [0.5, 0.6) is 0 Å². The lowest BCUT2D eigenvalue weighted by Crippen LogP contribution is -1.96. The summed E-state index contributed by atoms with van der Waals surface area (Å²) in [5.74, 6) is 0. The monoisotopic (exact) mass is 249 g/mol. The maximum atomic E-state index is 8.80. The number of hydrogen-bond donors (Lipinski definition) is 3. The zero-order valence-corrected chi connectivity index (χ0v) is 10.0. The van der Waals surface area contributed by atoms with Crippen LogP contribution in [0, 0.1) is 11.3 Å². The summed E-state index contributed by atoms with van der Waals surface area (Å²) < 4.78 is 0. The summed E-state index contributed by atoms with van der Waals surface area (Å²) in [6, 6.07) is 13.0. The predicted molar refractivity (Wildman–Crippen MR) is 74.9 cm³/mol. The Hall–Kier alpha value is -3.00. The summed E-state index contributed by atoms with van der Waals surface area (Å²) >= 11 is 0. The minimum absolute atomic E-state index is 0.545. The third-order valence-corrected chi connectivity index (χ3v) is 2.88. The number of rotatable bonds is 2. The topological polar surface area (TPSA) is 90.5 Å². The van der Waals surface area contributed by atoms with E-state index in [4.69, 9.17) is 11.0 Å². The van der Waals surface area contributed by atoms with Crippen molar-refractivity contribution in [2.45, 2.75) is 0 Å². The van der Waals surface area contributed by atoms with Crippen LogP contribution >= 0.6 is 0 Å². The van der Waals surface area contributed by atoms with E-state index in [9.17, 15) is 0 Å². The second-order valence-corrected chi connectivity index (χ2v) is 4.17. The number of hydrogen-bond acceptors (Lipinski definition) is 4. The van der Waals surface area contributed by atoms with Crippen molar-refractivity contribution in [2.24, 2.45) is 0 Å². The fourth-order valence-corrected chi connectivity index (χ4v) is 1.91. The number of nitrogens with one attached hydrogen (secondary N) is 2. The van der Waals surface area contributed by atoms with Gasteiger partial charge in [-0.2, -0.15) is 5.26 Å². The third-order valence-electron chi connectivity index (χ3n) is 2.88. The number of H-pyrrole nitrogens is 1. The Morgan fingerprint density at radius 1 is 1.21 bits per heavy atom. The Balaban J connectivity index is 1.94. The van der Waals surface area contributed by atoms with Crippen LogP contribution in [0.4, 0.5) is 17.1 Å². The molecular formula is C14H11N5. The van der Waals surface area contributed by atoms with Gasteiger partial charge in [0.15, 0.2) is 0 Å². The minimum atomic E-state index is 0.545. The van der Waals surface area contributed by atoms with Gasteiger partial charge in [-0.1, -0.05) is 0 Å². The summed E-state index contributed by atoms with van der Waals surface area (Å²) in [5.41, 5.74) is 10.6. The summed E-state index contributed by atoms with van der Waals surface area (Å²) in [6.07, 6.45) is 1.66. The molecule has 2 aromatic carbocycles. The average molecular weight is 249 g/mol. The Labute approximate surface area is 109 Å². The molecule has 1 aromatic heterocycles. The molecule has 3 rings (SSSR count). The number of nitrogens with two attached hydrogens (primary N) is 1. The number of benzene rings is 2. The van der Waals surface area contributed by atoms with Crippen LogP contribution < -0.4 is 11.1 Å². The first-order valence-corrected chi connectivity index (χ1v) is 5.76. The molecule has 5 nitrogen and oxygen atoms in total. The molecule has 0 amide bonds. The second kappa shape index (κ2) is 4.35. The van der Waals surface area contributed by atoms with E-state index in [0.717, 1.165) is 22.4 Å². The molecule has 0 spiro atoms. The van der Waals surface area contributed by atoms with Crippen LogP contribution in [0.3, 0.4) is 0 Å². The zero-order chi connectivity index (χ0) is 13.2. The number of aromatic nitrogens is 2. The average Bonchev–Trinajstić information content (AvgIpc) is 2.88. The third kappa shape index (κ3) is 2.07. The lowest BCUT2D eigenvalue weighted by atomic mass is 10.2. The van der Waals surface area contributed by atoms with Crippen LogP contribution in [-0.2, 0) is 0 Å². The first kappa shape index (κ1) is 11.1. The summed E-state index contributed by atoms with van der Waals surface area (Å²) in [6.45, 7) is 0. The number of fused-ring (bicyclic) bond motifs is 1. The first-order valence-electron chi connectivity index (χ1n) is 5.76. The number of nitriles is 1. The molecular weight excluding hydrogens is 238 g/mol. The van der Waals surface area contributed by atoms with Crippen LogP contribution in [0.15, 0.2) is 42.7 Å². The highest BCUT2D eigenvalue weighted by atomic mass is 14.9. The molecule has 19 heavy (non-hydrogen) atoms. The molecule has 0 unspecified atom stereocenters. The molecule has 0 saturated carbocycles. The first-order chi connectivity index (χ1) is 9.26. The molecule has 0 aliphatic heterocycles. The lowest BCUT2D eigenvalue weighted by Gasteiger charge is -2.09. The van der Waals surface area contributed by atoms with Crippen molar-refractivity contribution < 1.29 is 0 Å². The van der Waals surface area contributed by atoms with Gasteiger partial charge in [0.1, 0.15) is 0 Å². The Bertz CT molecular complexity index is 782. The Kier molecular flexibility index (Phi) is 2.54. The van der Waals surface area contributed by atoms with E-state index in [-0.39, 0.29) is 0 Å². The molecule has 92 valence electrons. The SMILES string of the molecule is N#Cc1ccc(Nc2ccc3nc[nH]c3c2)c(N)c1. The van der Waals surface area contributed by atoms with Gasteiger partial charge in [-0.05, 0) is 36.4 Å². The van der Waals surface area contributed by atoms with Crippen molar-refractivity contribution in [2.75, 3.05) is 11.1 Å². The maximum Gasteiger partial charge on any atom is 0.0992 e. The fraction of sp³-hybridized carbons (Fsp3) is 0. The Morgan fingerprint density at radius 3 is 2.89 bits per heavy atom. The number of anilines is 3. The molecule has 0 radical (unpaired) electrons. The van der Waals surface area contributed by atoms with E-state index in [0.29, 0.717) is 11.3 Å². The minimum Gasteiger partial charge on any atom is -0.397 e. The zero-order valence-electron chi connectivity index (χ0n) is 10.0. The summed E-state index contributed by atoms with van der Waals surface area (Å²) in [4.78, 5) is 7.22. The molecule has 0 fully saturated rings. The molecule has 0 aliphatic rings. The van der Waals surface area contributed by atoms with E-state index < -0.39 is 0 Å². The fourth-order valence-electron chi connectivity index (χ4n) is 1.91. The van der Waals surface area contributed by atoms with E-state index in [1.54, 1.807) is 24.5 Å². The van der Waals surface area contributed by atoms with Gasteiger partial charge in [-0.25, -0.2) is 4.98 Å². The lowest BCUT2D eigenvalue weighted by molar-refractivity contribution is 1.34. The summed E-state index contributed by atoms with van der Waals surface area (Å²) in [7, 11) is 0. The van der Waals surface area contributed by atoms with Crippen LogP contribution in [0.1, 0.15) is 5.56 Å². The van der Waals surface area contributed by atoms with Gasteiger partial charge in [-0.15, -0.1) is 0 Å². The molecule has 1 heterocycles. The van der Waals surface area contributed by atoms with Crippen molar-refractivity contribution in [3.63, 3.8) is 0 Å². The highest BCUT2D eigenvalue weighted by Crippen LogP contribution is 2.25. The molecule has 0 aliphatic carbocycles. The number of nitrogen functional groups attached to an aromatic ring is 1. The number of aromatic amines is 1. The molecule has 4 N–H and O–H groups in total. The number of imidazole rings is 1. The van der Waals surface area contributed by atoms with Crippen LogP contribution in [0.25, 0.3) is 11.0 Å². The molecule has 0 saturated heterocycles. The van der Waals surface area contributed by atoms with Gasteiger partial charge in [0.2, 0.25) is 0 Å². The summed E-state index contributed by atoms with van der Waals surface area (Å²) in [5, 5.41) is 12.0. The molecule has 3 aromatic rings. The van der Waals surface area contributed by atoms with Gasteiger partial charge in [-0.3, -0.25) is 0 Å². The molecule has 0 bridgehead atoms. The predicted octanol–water partition coefficient (Wildman–Crippen LogP) is 2.76. The van der Waals surface area contributed by atoms with Gasteiger partial charge < -0.3 is 16.0 Å².